The Bertz CT molecular complexity index is 1290. The summed E-state index contributed by atoms with van der Waals surface area (Å²) in [5.74, 6) is -0.387. The first kappa shape index (κ1) is 19.7. The highest BCUT2D eigenvalue weighted by atomic mass is 79.9. The molecule has 0 saturated carbocycles. The fourth-order valence-corrected chi connectivity index (χ4v) is 3.67. The number of carbonyl (C=O) groups excluding carboxylic acids is 1. The van der Waals surface area contributed by atoms with Crippen LogP contribution >= 0.6 is 15.9 Å². The number of benzene rings is 1. The molecule has 0 atom stereocenters. The molecular weight excluding hydrogens is 454 g/mol. The zero-order valence-electron chi connectivity index (χ0n) is 16.0. The highest BCUT2D eigenvalue weighted by molar-refractivity contribution is 9.10. The third kappa shape index (κ3) is 3.54. The van der Waals surface area contributed by atoms with Crippen LogP contribution in [0.25, 0.3) is 10.9 Å². The van der Waals surface area contributed by atoms with Gasteiger partial charge in [-0.25, -0.2) is 4.68 Å². The lowest BCUT2D eigenvalue weighted by Gasteiger charge is -2.08. The summed E-state index contributed by atoms with van der Waals surface area (Å²) in [5.41, 5.74) is 2.17. The van der Waals surface area contributed by atoms with Gasteiger partial charge in [-0.05, 0) is 38.1 Å². The van der Waals surface area contributed by atoms with Crippen molar-refractivity contribution in [3.05, 3.63) is 74.4 Å². The molecular formula is C19H16BrN7O3. The SMILES string of the molecule is Cc1nn(Cn2ccc(C(=O)Nc3ccc(Br)c4cccnc34)n2)c(C)c1[N+](=O)[O-]. The molecule has 0 bridgehead atoms. The largest absolute Gasteiger partial charge is 0.319 e. The van der Waals surface area contributed by atoms with Crippen molar-refractivity contribution in [2.75, 3.05) is 5.32 Å². The summed E-state index contributed by atoms with van der Waals surface area (Å²) in [7, 11) is 0. The van der Waals surface area contributed by atoms with E-state index in [0.717, 1.165) is 9.86 Å². The van der Waals surface area contributed by atoms with Crippen molar-refractivity contribution in [1.82, 2.24) is 24.5 Å². The molecule has 1 aromatic carbocycles. The second-order valence-electron chi connectivity index (χ2n) is 6.61. The third-order valence-electron chi connectivity index (χ3n) is 4.64. The maximum absolute atomic E-state index is 12.7. The Kier molecular flexibility index (Phi) is 5.04. The van der Waals surface area contributed by atoms with Gasteiger partial charge in [-0.3, -0.25) is 24.6 Å². The molecule has 3 heterocycles. The first-order valence-electron chi connectivity index (χ1n) is 8.91. The number of carbonyl (C=O) groups is 1. The minimum atomic E-state index is -0.452. The second kappa shape index (κ2) is 7.67. The van der Waals surface area contributed by atoms with Crippen LogP contribution in [0.3, 0.4) is 0 Å². The van der Waals surface area contributed by atoms with Gasteiger partial charge in [0.1, 0.15) is 18.1 Å². The van der Waals surface area contributed by atoms with E-state index in [9.17, 15) is 14.9 Å². The quantitative estimate of drug-likeness (QED) is 0.351. The maximum atomic E-state index is 12.7. The summed E-state index contributed by atoms with van der Waals surface area (Å²) < 4.78 is 3.86. The first-order valence-corrected chi connectivity index (χ1v) is 9.71. The van der Waals surface area contributed by atoms with Crippen LogP contribution in [0.15, 0.2) is 47.2 Å². The number of nitrogens with zero attached hydrogens (tertiary/aromatic N) is 6. The van der Waals surface area contributed by atoms with Gasteiger partial charge in [-0.2, -0.15) is 10.2 Å². The molecule has 0 fully saturated rings. The summed E-state index contributed by atoms with van der Waals surface area (Å²) in [6.07, 6.45) is 3.28. The summed E-state index contributed by atoms with van der Waals surface area (Å²) >= 11 is 3.48. The molecule has 10 nitrogen and oxygen atoms in total. The maximum Gasteiger partial charge on any atom is 0.312 e. The topological polar surface area (TPSA) is 121 Å². The number of hydrogen-bond donors (Lipinski definition) is 1. The Balaban J connectivity index is 1.55. The molecule has 0 radical (unpaired) electrons. The van der Waals surface area contributed by atoms with E-state index in [4.69, 9.17) is 0 Å². The number of halogens is 1. The standard InChI is InChI=1S/C19H16BrN7O3/c1-11-18(27(29)30)12(2)26(23-11)10-25-9-7-16(24-25)19(28)22-15-6-5-14(20)13-4-3-8-21-17(13)15/h3-9H,10H2,1-2H3,(H,22,28). The molecule has 0 unspecified atom stereocenters. The van der Waals surface area contributed by atoms with Crippen molar-refractivity contribution in [2.45, 2.75) is 20.5 Å². The molecule has 30 heavy (non-hydrogen) atoms. The van der Waals surface area contributed by atoms with Gasteiger partial charge in [-0.15, -0.1) is 0 Å². The fraction of sp³-hybridized carbons (Fsp3) is 0.158. The van der Waals surface area contributed by atoms with Gasteiger partial charge < -0.3 is 5.32 Å². The van der Waals surface area contributed by atoms with E-state index in [1.807, 2.05) is 18.2 Å². The number of aromatic nitrogens is 5. The molecule has 0 aliphatic heterocycles. The zero-order valence-corrected chi connectivity index (χ0v) is 17.6. The lowest BCUT2D eigenvalue weighted by molar-refractivity contribution is -0.386. The number of aryl methyl sites for hydroxylation is 1. The highest BCUT2D eigenvalue weighted by Gasteiger charge is 2.22. The smallest absolute Gasteiger partial charge is 0.312 e. The van der Waals surface area contributed by atoms with E-state index in [1.54, 1.807) is 38.4 Å². The van der Waals surface area contributed by atoms with Crippen LogP contribution in [-0.4, -0.2) is 35.4 Å². The van der Waals surface area contributed by atoms with Gasteiger partial charge in [0.15, 0.2) is 5.69 Å². The van der Waals surface area contributed by atoms with Crippen LogP contribution in [0, 0.1) is 24.0 Å². The van der Waals surface area contributed by atoms with Crippen LogP contribution < -0.4 is 5.32 Å². The number of hydrogen-bond acceptors (Lipinski definition) is 6. The molecule has 152 valence electrons. The van der Waals surface area contributed by atoms with E-state index < -0.39 is 4.92 Å². The Hall–Kier alpha value is -3.60. The molecule has 4 rings (SSSR count). The normalized spacial score (nSPS) is 11.0. The number of rotatable bonds is 5. The van der Waals surface area contributed by atoms with Crippen LogP contribution in [0.1, 0.15) is 21.9 Å². The van der Waals surface area contributed by atoms with Crippen molar-refractivity contribution in [1.29, 1.82) is 0 Å². The van der Waals surface area contributed by atoms with Crippen LogP contribution in [0.4, 0.5) is 11.4 Å². The summed E-state index contributed by atoms with van der Waals surface area (Å²) in [4.78, 5) is 27.7. The predicted octanol–water partition coefficient (Wildman–Crippen LogP) is 3.67. The number of fused-ring (bicyclic) bond motifs is 1. The van der Waals surface area contributed by atoms with Crippen molar-refractivity contribution in [2.24, 2.45) is 0 Å². The zero-order chi connectivity index (χ0) is 21.4. The van der Waals surface area contributed by atoms with Crippen LogP contribution in [-0.2, 0) is 6.67 Å². The number of pyridine rings is 1. The van der Waals surface area contributed by atoms with Gasteiger partial charge >= 0.3 is 5.69 Å². The fourth-order valence-electron chi connectivity index (χ4n) is 3.21. The van der Waals surface area contributed by atoms with Crippen molar-refractivity contribution in [3.63, 3.8) is 0 Å². The predicted molar refractivity (Wildman–Crippen MR) is 113 cm³/mol. The van der Waals surface area contributed by atoms with E-state index in [2.05, 4.69) is 36.4 Å². The Morgan fingerprint density at radius 3 is 2.77 bits per heavy atom. The van der Waals surface area contributed by atoms with Gasteiger partial charge in [-0.1, -0.05) is 22.0 Å². The van der Waals surface area contributed by atoms with Gasteiger partial charge in [0.2, 0.25) is 0 Å². The third-order valence-corrected chi connectivity index (χ3v) is 5.33. The number of nitrogens with one attached hydrogen (secondary N) is 1. The van der Waals surface area contributed by atoms with Crippen LogP contribution in [0.2, 0.25) is 0 Å². The molecule has 3 aromatic heterocycles. The van der Waals surface area contributed by atoms with Crippen LogP contribution in [0.5, 0.6) is 0 Å². The second-order valence-corrected chi connectivity index (χ2v) is 7.46. The summed E-state index contributed by atoms with van der Waals surface area (Å²) in [6, 6.07) is 8.91. The minimum absolute atomic E-state index is 0.0188. The Labute approximate surface area is 178 Å². The summed E-state index contributed by atoms with van der Waals surface area (Å²) in [5, 5.41) is 23.3. The molecule has 0 aliphatic carbocycles. The molecule has 1 N–H and O–H groups in total. The van der Waals surface area contributed by atoms with E-state index in [1.165, 1.54) is 9.36 Å². The monoisotopic (exact) mass is 469 g/mol. The highest BCUT2D eigenvalue weighted by Crippen LogP contribution is 2.28. The van der Waals surface area contributed by atoms with Gasteiger partial charge in [0.25, 0.3) is 5.91 Å². The molecule has 0 saturated heterocycles. The number of anilines is 1. The molecule has 1 amide bonds. The average Bonchev–Trinajstić information content (AvgIpc) is 3.29. The van der Waals surface area contributed by atoms with E-state index in [0.29, 0.717) is 22.6 Å². The lowest BCUT2D eigenvalue weighted by Crippen LogP contribution is -2.16. The number of nitro groups is 1. The molecule has 0 aliphatic rings. The molecule has 4 aromatic rings. The van der Waals surface area contributed by atoms with E-state index in [-0.39, 0.29) is 24.0 Å². The van der Waals surface area contributed by atoms with Gasteiger partial charge in [0, 0.05) is 22.3 Å². The number of amides is 1. The van der Waals surface area contributed by atoms with Crippen molar-refractivity contribution < 1.29 is 9.72 Å². The molecule has 11 heteroatoms. The average molecular weight is 470 g/mol. The minimum Gasteiger partial charge on any atom is -0.319 e. The van der Waals surface area contributed by atoms with Crippen molar-refractivity contribution >= 4 is 44.1 Å². The van der Waals surface area contributed by atoms with Gasteiger partial charge in [0.05, 0.1) is 16.1 Å². The molecule has 0 spiro atoms. The van der Waals surface area contributed by atoms with Crippen molar-refractivity contribution in [3.8, 4) is 0 Å². The Morgan fingerprint density at radius 1 is 1.23 bits per heavy atom. The van der Waals surface area contributed by atoms with E-state index >= 15 is 0 Å². The lowest BCUT2D eigenvalue weighted by atomic mass is 10.2. The first-order chi connectivity index (χ1) is 14.3. The summed E-state index contributed by atoms with van der Waals surface area (Å²) in [6.45, 7) is 3.36. The Morgan fingerprint density at radius 2 is 2.03 bits per heavy atom.